The van der Waals surface area contributed by atoms with Crippen molar-refractivity contribution >= 4 is 23.2 Å². The van der Waals surface area contributed by atoms with Crippen LogP contribution in [0.15, 0.2) is 24.3 Å². The number of anilines is 1. The van der Waals surface area contributed by atoms with Crippen LogP contribution in [-0.4, -0.2) is 30.3 Å². The third-order valence-corrected chi connectivity index (χ3v) is 4.49. The van der Waals surface area contributed by atoms with E-state index >= 15 is 0 Å². The Morgan fingerprint density at radius 1 is 1.20 bits per heavy atom. The van der Waals surface area contributed by atoms with Crippen molar-refractivity contribution in [2.75, 3.05) is 12.4 Å². The third-order valence-electron chi connectivity index (χ3n) is 4.25. The van der Waals surface area contributed by atoms with Crippen LogP contribution < -0.4 is 20.1 Å². The fourth-order valence-electron chi connectivity index (χ4n) is 2.76. The van der Waals surface area contributed by atoms with Gasteiger partial charge in [0.1, 0.15) is 5.56 Å². The summed E-state index contributed by atoms with van der Waals surface area (Å²) >= 11 is 5.80. The lowest BCUT2D eigenvalue weighted by molar-refractivity contribution is -0.275. The molecule has 0 fully saturated rings. The number of pyridine rings is 1. The van der Waals surface area contributed by atoms with Crippen LogP contribution in [0.1, 0.15) is 42.7 Å². The van der Waals surface area contributed by atoms with Crippen LogP contribution in [0.2, 0.25) is 5.02 Å². The van der Waals surface area contributed by atoms with Gasteiger partial charge in [-0.3, -0.25) is 4.79 Å². The van der Waals surface area contributed by atoms with Crippen molar-refractivity contribution in [3.05, 3.63) is 40.5 Å². The van der Waals surface area contributed by atoms with E-state index in [0.29, 0.717) is 11.4 Å². The molecule has 2 rings (SSSR count). The lowest BCUT2D eigenvalue weighted by Crippen LogP contribution is -2.24. The number of benzene rings is 1. The highest BCUT2D eigenvalue weighted by molar-refractivity contribution is 6.30. The third kappa shape index (κ3) is 6.16. The van der Waals surface area contributed by atoms with E-state index in [0.717, 1.165) is 18.9 Å². The summed E-state index contributed by atoms with van der Waals surface area (Å²) in [5.41, 5.74) is 1.05. The number of nitrogens with one attached hydrogen (secondary N) is 2. The van der Waals surface area contributed by atoms with Gasteiger partial charge in [0.25, 0.3) is 5.91 Å². The molecule has 0 radical (unpaired) electrons. The van der Waals surface area contributed by atoms with Gasteiger partial charge in [-0.15, -0.1) is 13.2 Å². The molecule has 0 saturated heterocycles. The number of rotatable bonds is 8. The molecule has 1 amide bonds. The first-order valence-electron chi connectivity index (χ1n) is 9.31. The summed E-state index contributed by atoms with van der Waals surface area (Å²) in [6, 6.07) is 5.31. The molecule has 2 aromatic rings. The Kier molecular flexibility index (Phi) is 7.77. The van der Waals surface area contributed by atoms with E-state index in [4.69, 9.17) is 16.3 Å². The number of carbonyl (C=O) groups excluding carboxylic acids is 1. The van der Waals surface area contributed by atoms with Crippen molar-refractivity contribution in [1.82, 2.24) is 10.3 Å². The molecule has 1 heterocycles. The maximum Gasteiger partial charge on any atom is 0.573 e. The number of aryl methyl sites for hydroxylation is 1. The SMILES string of the molecule is CCC(CC)Nc1cc(C)nc(Oc2ccc(Cl)cc2OC(F)(F)F)c1C(=O)NC. The summed E-state index contributed by atoms with van der Waals surface area (Å²) in [5, 5.41) is 5.81. The lowest BCUT2D eigenvalue weighted by Gasteiger charge is -2.21. The molecule has 1 aromatic heterocycles. The predicted octanol–water partition coefficient (Wildman–Crippen LogP) is 5.69. The average molecular weight is 446 g/mol. The Morgan fingerprint density at radius 2 is 1.87 bits per heavy atom. The molecule has 0 bridgehead atoms. The highest BCUT2D eigenvalue weighted by Gasteiger charge is 2.33. The Morgan fingerprint density at radius 3 is 2.43 bits per heavy atom. The van der Waals surface area contributed by atoms with Crippen molar-refractivity contribution in [2.45, 2.75) is 46.0 Å². The topological polar surface area (TPSA) is 72.5 Å². The number of halogens is 4. The molecule has 6 nitrogen and oxygen atoms in total. The van der Waals surface area contributed by atoms with Crippen molar-refractivity contribution in [3.8, 4) is 17.4 Å². The summed E-state index contributed by atoms with van der Waals surface area (Å²) in [4.78, 5) is 16.8. The molecular weight excluding hydrogens is 423 g/mol. The zero-order valence-corrected chi connectivity index (χ0v) is 17.7. The number of amides is 1. The van der Waals surface area contributed by atoms with Gasteiger partial charge in [0.05, 0.1) is 5.69 Å². The molecule has 2 N–H and O–H groups in total. The monoisotopic (exact) mass is 445 g/mol. The number of ether oxygens (including phenoxy) is 2. The van der Waals surface area contributed by atoms with Gasteiger partial charge in [0, 0.05) is 29.9 Å². The molecular formula is C20H23ClF3N3O3. The molecule has 30 heavy (non-hydrogen) atoms. The standard InChI is InChI=1S/C20H23ClF3N3O3/c1-5-13(6-2)27-14-9-11(3)26-19(17(14)18(28)25-4)29-15-8-7-12(21)10-16(15)30-20(22,23)24/h7-10,13H,5-6H2,1-4H3,(H,25,28)(H,26,27). The zero-order valence-electron chi connectivity index (χ0n) is 17.0. The largest absolute Gasteiger partial charge is 0.573 e. The summed E-state index contributed by atoms with van der Waals surface area (Å²) in [7, 11) is 1.44. The first-order chi connectivity index (χ1) is 14.1. The highest BCUT2D eigenvalue weighted by atomic mass is 35.5. The summed E-state index contributed by atoms with van der Waals surface area (Å²) < 4.78 is 48.0. The molecule has 1 aromatic carbocycles. The van der Waals surface area contributed by atoms with Crippen LogP contribution in [0.3, 0.4) is 0 Å². The highest BCUT2D eigenvalue weighted by Crippen LogP contribution is 2.39. The maximum absolute atomic E-state index is 12.8. The van der Waals surface area contributed by atoms with E-state index in [1.807, 2.05) is 13.8 Å². The normalized spacial score (nSPS) is 11.4. The second kappa shape index (κ2) is 9.88. The minimum Gasteiger partial charge on any atom is -0.434 e. The minimum atomic E-state index is -4.95. The molecule has 0 aliphatic heterocycles. The van der Waals surface area contributed by atoms with E-state index < -0.39 is 18.0 Å². The summed E-state index contributed by atoms with van der Waals surface area (Å²) in [5.74, 6) is -1.58. The van der Waals surface area contributed by atoms with Crippen LogP contribution in [0.25, 0.3) is 0 Å². The molecule has 0 saturated carbocycles. The number of hydrogen-bond donors (Lipinski definition) is 2. The Hall–Kier alpha value is -2.68. The van der Waals surface area contributed by atoms with Crippen LogP contribution in [0.5, 0.6) is 17.4 Å². The van der Waals surface area contributed by atoms with Crippen LogP contribution in [0, 0.1) is 6.92 Å². The second-order valence-electron chi connectivity index (χ2n) is 6.47. The lowest BCUT2D eigenvalue weighted by atomic mass is 10.1. The first-order valence-corrected chi connectivity index (χ1v) is 9.69. The van der Waals surface area contributed by atoms with E-state index in [-0.39, 0.29) is 28.3 Å². The number of carbonyl (C=O) groups is 1. The van der Waals surface area contributed by atoms with Gasteiger partial charge in [-0.1, -0.05) is 25.4 Å². The molecule has 0 aliphatic rings. The van der Waals surface area contributed by atoms with Crippen LogP contribution in [-0.2, 0) is 0 Å². The smallest absolute Gasteiger partial charge is 0.434 e. The van der Waals surface area contributed by atoms with Gasteiger partial charge in [-0.2, -0.15) is 0 Å². The van der Waals surface area contributed by atoms with Crippen LogP contribution in [0.4, 0.5) is 18.9 Å². The Balaban J connectivity index is 2.57. The number of nitrogens with zero attached hydrogens (tertiary/aromatic N) is 1. The number of aromatic nitrogens is 1. The van der Waals surface area contributed by atoms with Crippen molar-refractivity contribution in [3.63, 3.8) is 0 Å². The van der Waals surface area contributed by atoms with E-state index in [2.05, 4.69) is 20.4 Å². The van der Waals surface area contributed by atoms with E-state index in [1.165, 1.54) is 19.2 Å². The average Bonchev–Trinajstić information content (AvgIpc) is 2.66. The first kappa shape index (κ1) is 23.6. The van der Waals surface area contributed by atoms with Crippen LogP contribution >= 0.6 is 11.6 Å². The predicted molar refractivity (Wildman–Crippen MR) is 109 cm³/mol. The van der Waals surface area contributed by atoms with Crippen molar-refractivity contribution < 1.29 is 27.4 Å². The quantitative estimate of drug-likeness (QED) is 0.545. The number of hydrogen-bond acceptors (Lipinski definition) is 5. The molecule has 164 valence electrons. The maximum atomic E-state index is 12.8. The Bertz CT molecular complexity index is 903. The van der Waals surface area contributed by atoms with E-state index in [1.54, 1.807) is 13.0 Å². The summed E-state index contributed by atoms with van der Waals surface area (Å²) in [6.07, 6.45) is -3.33. The van der Waals surface area contributed by atoms with Gasteiger partial charge in [0.15, 0.2) is 11.5 Å². The summed E-state index contributed by atoms with van der Waals surface area (Å²) in [6.45, 7) is 5.69. The second-order valence-corrected chi connectivity index (χ2v) is 6.91. The molecule has 0 aliphatic carbocycles. The molecule has 10 heteroatoms. The van der Waals surface area contributed by atoms with Gasteiger partial charge in [0.2, 0.25) is 5.88 Å². The zero-order chi connectivity index (χ0) is 22.5. The van der Waals surface area contributed by atoms with E-state index in [9.17, 15) is 18.0 Å². The molecule has 0 atom stereocenters. The van der Waals surface area contributed by atoms with Gasteiger partial charge >= 0.3 is 6.36 Å². The Labute approximate surface area is 177 Å². The van der Waals surface area contributed by atoms with Gasteiger partial charge in [-0.25, -0.2) is 4.98 Å². The number of alkyl halides is 3. The van der Waals surface area contributed by atoms with Gasteiger partial charge in [-0.05, 0) is 38.0 Å². The van der Waals surface area contributed by atoms with Crippen molar-refractivity contribution in [2.24, 2.45) is 0 Å². The van der Waals surface area contributed by atoms with Crippen molar-refractivity contribution in [1.29, 1.82) is 0 Å². The minimum absolute atomic E-state index is 0.0291. The molecule has 0 unspecified atom stereocenters. The molecule has 0 spiro atoms. The fraction of sp³-hybridized carbons (Fsp3) is 0.400. The van der Waals surface area contributed by atoms with Gasteiger partial charge < -0.3 is 20.1 Å². The fourth-order valence-corrected chi connectivity index (χ4v) is 2.93.